The summed E-state index contributed by atoms with van der Waals surface area (Å²) in [6, 6.07) is 50.2. The fourth-order valence-corrected chi connectivity index (χ4v) is 5.03. The van der Waals surface area contributed by atoms with Crippen molar-refractivity contribution in [3.8, 4) is 22.6 Å². The van der Waals surface area contributed by atoms with Gasteiger partial charge in [-0.15, -0.1) is 0 Å². The molecule has 7 rings (SSSR count). The van der Waals surface area contributed by atoms with Crippen molar-refractivity contribution in [1.29, 1.82) is 0 Å². The Hall–Kier alpha value is -5.15. The lowest BCUT2D eigenvalue weighted by Crippen LogP contribution is -2.10. The zero-order valence-electron chi connectivity index (χ0n) is 20.7. The summed E-state index contributed by atoms with van der Waals surface area (Å²) in [6.45, 7) is 0. The van der Waals surface area contributed by atoms with Crippen molar-refractivity contribution in [1.82, 2.24) is 4.98 Å². The number of anilines is 3. The average molecular weight is 489 g/mol. The van der Waals surface area contributed by atoms with Gasteiger partial charge in [0, 0.05) is 22.3 Å². The Morgan fingerprint density at radius 1 is 0.500 bits per heavy atom. The number of hydrogen-bond acceptors (Lipinski definition) is 3. The lowest BCUT2D eigenvalue weighted by atomic mass is 10.0. The van der Waals surface area contributed by atoms with E-state index >= 15 is 0 Å². The molecule has 38 heavy (non-hydrogen) atoms. The van der Waals surface area contributed by atoms with Crippen molar-refractivity contribution < 1.29 is 4.42 Å². The molecule has 6 aromatic carbocycles. The standard InChI is InChI=1S/C35H24N2O/c1-4-12-25(13-5-1)26-20-22-30(23-21-26)37(29-17-8-3-9-18-29)32-24-28-16-10-11-19-31(28)34-33(32)36-35(38-34)27-14-6-2-7-15-27/h1-24H. The molecule has 180 valence electrons. The fourth-order valence-electron chi connectivity index (χ4n) is 5.03. The van der Waals surface area contributed by atoms with Crippen molar-refractivity contribution in [3.05, 3.63) is 146 Å². The van der Waals surface area contributed by atoms with Crippen LogP contribution in [0.15, 0.2) is 150 Å². The highest BCUT2D eigenvalue weighted by atomic mass is 16.3. The molecule has 1 heterocycles. The van der Waals surface area contributed by atoms with E-state index < -0.39 is 0 Å². The molecule has 0 aliphatic rings. The van der Waals surface area contributed by atoms with E-state index in [4.69, 9.17) is 9.40 Å². The first kappa shape index (κ1) is 22.1. The summed E-state index contributed by atoms with van der Waals surface area (Å²) >= 11 is 0. The number of fused-ring (bicyclic) bond motifs is 3. The summed E-state index contributed by atoms with van der Waals surface area (Å²) in [5.74, 6) is 0.616. The van der Waals surface area contributed by atoms with Crippen LogP contribution in [0.3, 0.4) is 0 Å². The largest absolute Gasteiger partial charge is 0.435 e. The normalized spacial score (nSPS) is 11.2. The number of oxazole rings is 1. The lowest BCUT2D eigenvalue weighted by Gasteiger charge is -2.26. The molecule has 0 atom stereocenters. The second-order valence-corrected chi connectivity index (χ2v) is 9.26. The van der Waals surface area contributed by atoms with E-state index in [2.05, 4.69) is 102 Å². The number of hydrogen-bond donors (Lipinski definition) is 0. The summed E-state index contributed by atoms with van der Waals surface area (Å²) < 4.78 is 6.47. The van der Waals surface area contributed by atoms with Gasteiger partial charge in [0.1, 0.15) is 5.52 Å². The number of para-hydroxylation sites is 1. The highest BCUT2D eigenvalue weighted by Crippen LogP contribution is 2.43. The molecule has 0 amide bonds. The monoisotopic (exact) mass is 488 g/mol. The molecule has 0 radical (unpaired) electrons. The summed E-state index contributed by atoms with van der Waals surface area (Å²) in [7, 11) is 0. The Labute approximate surface area is 221 Å². The van der Waals surface area contributed by atoms with Crippen molar-refractivity contribution in [2.45, 2.75) is 0 Å². The van der Waals surface area contributed by atoms with E-state index in [1.807, 2.05) is 48.5 Å². The molecule has 0 N–H and O–H groups in total. The first-order valence-corrected chi connectivity index (χ1v) is 12.7. The Kier molecular flexibility index (Phi) is 5.45. The first-order valence-electron chi connectivity index (χ1n) is 12.7. The van der Waals surface area contributed by atoms with Gasteiger partial charge in [0.05, 0.1) is 5.69 Å². The minimum Gasteiger partial charge on any atom is -0.435 e. The zero-order chi connectivity index (χ0) is 25.3. The molecule has 0 fully saturated rings. The van der Waals surface area contributed by atoms with E-state index in [-0.39, 0.29) is 0 Å². The topological polar surface area (TPSA) is 29.3 Å². The third-order valence-electron chi connectivity index (χ3n) is 6.88. The molecule has 0 saturated heterocycles. The van der Waals surface area contributed by atoms with Crippen LogP contribution in [0, 0.1) is 0 Å². The van der Waals surface area contributed by atoms with Gasteiger partial charge < -0.3 is 9.32 Å². The van der Waals surface area contributed by atoms with Crippen LogP contribution in [0.5, 0.6) is 0 Å². The Morgan fingerprint density at radius 2 is 1.05 bits per heavy atom. The summed E-state index contributed by atoms with van der Waals surface area (Å²) in [4.78, 5) is 7.33. The summed E-state index contributed by atoms with van der Waals surface area (Å²) in [6.07, 6.45) is 0. The van der Waals surface area contributed by atoms with Gasteiger partial charge in [0.2, 0.25) is 5.89 Å². The predicted molar refractivity (Wildman–Crippen MR) is 157 cm³/mol. The van der Waals surface area contributed by atoms with Gasteiger partial charge in [0.15, 0.2) is 5.58 Å². The quantitative estimate of drug-likeness (QED) is 0.241. The van der Waals surface area contributed by atoms with E-state index in [9.17, 15) is 0 Å². The maximum absolute atomic E-state index is 6.47. The molecule has 0 spiro atoms. The van der Waals surface area contributed by atoms with Crippen LogP contribution in [-0.4, -0.2) is 4.98 Å². The minimum absolute atomic E-state index is 0.616. The molecular weight excluding hydrogens is 464 g/mol. The Bertz CT molecular complexity index is 1840. The van der Waals surface area contributed by atoms with Crippen LogP contribution in [0.25, 0.3) is 44.5 Å². The molecule has 0 saturated carbocycles. The van der Waals surface area contributed by atoms with Gasteiger partial charge >= 0.3 is 0 Å². The van der Waals surface area contributed by atoms with Crippen LogP contribution in [0.4, 0.5) is 17.1 Å². The number of aromatic nitrogens is 1. The van der Waals surface area contributed by atoms with Crippen molar-refractivity contribution >= 4 is 38.9 Å². The molecule has 0 aliphatic heterocycles. The highest BCUT2D eigenvalue weighted by Gasteiger charge is 2.21. The fraction of sp³-hybridized carbons (Fsp3) is 0. The van der Waals surface area contributed by atoms with Crippen LogP contribution in [0.1, 0.15) is 0 Å². The minimum atomic E-state index is 0.616. The zero-order valence-corrected chi connectivity index (χ0v) is 20.7. The van der Waals surface area contributed by atoms with Crippen molar-refractivity contribution in [3.63, 3.8) is 0 Å². The predicted octanol–water partition coefficient (Wildman–Crippen LogP) is 9.78. The first-order chi connectivity index (χ1) is 18.8. The molecule has 0 aliphatic carbocycles. The van der Waals surface area contributed by atoms with Gasteiger partial charge in [-0.3, -0.25) is 0 Å². The van der Waals surface area contributed by atoms with Crippen LogP contribution >= 0.6 is 0 Å². The van der Waals surface area contributed by atoms with Crippen LogP contribution in [-0.2, 0) is 0 Å². The number of rotatable bonds is 5. The van der Waals surface area contributed by atoms with Crippen molar-refractivity contribution in [2.24, 2.45) is 0 Å². The lowest BCUT2D eigenvalue weighted by molar-refractivity contribution is 0.623. The highest BCUT2D eigenvalue weighted by molar-refractivity contribution is 6.11. The van der Waals surface area contributed by atoms with E-state index in [0.29, 0.717) is 5.89 Å². The summed E-state index contributed by atoms with van der Waals surface area (Å²) in [5, 5.41) is 2.15. The van der Waals surface area contributed by atoms with E-state index in [1.54, 1.807) is 0 Å². The average Bonchev–Trinajstić information content (AvgIpc) is 3.46. The molecule has 1 aromatic heterocycles. The smallest absolute Gasteiger partial charge is 0.227 e. The van der Waals surface area contributed by atoms with Crippen LogP contribution in [0.2, 0.25) is 0 Å². The second kappa shape index (κ2) is 9.38. The molecule has 0 unspecified atom stereocenters. The van der Waals surface area contributed by atoms with Crippen molar-refractivity contribution in [2.75, 3.05) is 4.90 Å². The van der Waals surface area contributed by atoms with Gasteiger partial charge in [-0.1, -0.05) is 103 Å². The maximum atomic E-state index is 6.47. The molecule has 3 nitrogen and oxygen atoms in total. The molecule has 3 heteroatoms. The molecule has 7 aromatic rings. The Balaban J connectivity index is 1.46. The van der Waals surface area contributed by atoms with E-state index in [0.717, 1.165) is 44.5 Å². The van der Waals surface area contributed by atoms with Gasteiger partial charge in [-0.05, 0) is 59.0 Å². The second-order valence-electron chi connectivity index (χ2n) is 9.26. The third-order valence-corrected chi connectivity index (χ3v) is 6.88. The summed E-state index contributed by atoms with van der Waals surface area (Å²) in [5.41, 5.74) is 8.04. The van der Waals surface area contributed by atoms with Gasteiger partial charge in [-0.25, -0.2) is 4.98 Å². The maximum Gasteiger partial charge on any atom is 0.227 e. The van der Waals surface area contributed by atoms with Gasteiger partial charge in [0.25, 0.3) is 0 Å². The Morgan fingerprint density at radius 3 is 1.76 bits per heavy atom. The number of nitrogens with zero attached hydrogens (tertiary/aromatic N) is 2. The third kappa shape index (κ3) is 3.91. The van der Waals surface area contributed by atoms with Crippen LogP contribution < -0.4 is 4.90 Å². The SMILES string of the molecule is c1ccc(-c2ccc(N(c3ccccc3)c3cc4ccccc4c4oc(-c5ccccc5)nc34)cc2)cc1. The van der Waals surface area contributed by atoms with Gasteiger partial charge in [-0.2, -0.15) is 0 Å². The number of benzene rings is 6. The molecular formula is C35H24N2O. The van der Waals surface area contributed by atoms with E-state index in [1.165, 1.54) is 11.1 Å². The molecule has 0 bridgehead atoms.